The van der Waals surface area contributed by atoms with E-state index in [-0.39, 0.29) is 18.9 Å². The second-order valence-electron chi connectivity index (χ2n) is 5.79. The van der Waals surface area contributed by atoms with E-state index in [1.807, 2.05) is 50.2 Å². The van der Waals surface area contributed by atoms with Crippen molar-refractivity contribution in [1.29, 1.82) is 0 Å². The summed E-state index contributed by atoms with van der Waals surface area (Å²) in [5.41, 5.74) is 3.26. The first-order chi connectivity index (χ1) is 11.3. The second-order valence-corrected chi connectivity index (χ2v) is 7.69. The van der Waals surface area contributed by atoms with Crippen molar-refractivity contribution >= 4 is 27.3 Å². The summed E-state index contributed by atoms with van der Waals surface area (Å²) in [6.45, 7) is 3.92. The van der Waals surface area contributed by atoms with Gasteiger partial charge in [-0.3, -0.25) is 9.10 Å². The summed E-state index contributed by atoms with van der Waals surface area (Å²) in [7, 11) is -3.46. The van der Waals surface area contributed by atoms with E-state index in [1.165, 1.54) is 4.31 Å². The molecule has 6 heteroatoms. The largest absolute Gasteiger partial charge is 0.326 e. The third-order valence-electron chi connectivity index (χ3n) is 3.66. The predicted molar refractivity (Wildman–Crippen MR) is 97.8 cm³/mol. The van der Waals surface area contributed by atoms with Gasteiger partial charge in [-0.15, -0.1) is 0 Å². The first-order valence-corrected chi connectivity index (χ1v) is 9.52. The maximum absolute atomic E-state index is 12.1. The number of para-hydroxylation sites is 1. The molecule has 0 aliphatic rings. The molecule has 0 heterocycles. The van der Waals surface area contributed by atoms with E-state index in [4.69, 9.17) is 0 Å². The van der Waals surface area contributed by atoms with Crippen molar-refractivity contribution in [2.24, 2.45) is 0 Å². The van der Waals surface area contributed by atoms with Crippen LogP contribution in [0.1, 0.15) is 17.5 Å². The molecule has 0 bridgehead atoms. The number of anilines is 2. The zero-order valence-electron chi connectivity index (χ0n) is 14.1. The molecular formula is C18H22N2O3S. The number of carbonyl (C=O) groups is 1. The van der Waals surface area contributed by atoms with E-state index in [0.717, 1.165) is 17.4 Å². The highest BCUT2D eigenvalue weighted by Gasteiger charge is 2.20. The summed E-state index contributed by atoms with van der Waals surface area (Å²) in [6, 6.07) is 14.7. The van der Waals surface area contributed by atoms with Crippen molar-refractivity contribution in [1.82, 2.24) is 0 Å². The van der Waals surface area contributed by atoms with E-state index >= 15 is 0 Å². The van der Waals surface area contributed by atoms with E-state index in [1.54, 1.807) is 12.1 Å². The molecule has 5 nitrogen and oxygen atoms in total. The molecule has 1 amide bonds. The Morgan fingerprint density at radius 2 is 1.67 bits per heavy atom. The lowest BCUT2D eigenvalue weighted by Crippen LogP contribution is -2.33. The lowest BCUT2D eigenvalue weighted by Gasteiger charge is -2.23. The molecule has 0 saturated carbocycles. The van der Waals surface area contributed by atoms with Crippen LogP contribution >= 0.6 is 0 Å². The van der Waals surface area contributed by atoms with Gasteiger partial charge in [0.05, 0.1) is 11.9 Å². The van der Waals surface area contributed by atoms with Gasteiger partial charge in [0.25, 0.3) is 0 Å². The zero-order chi connectivity index (χ0) is 17.7. The van der Waals surface area contributed by atoms with Gasteiger partial charge in [0.2, 0.25) is 15.9 Å². The predicted octanol–water partition coefficient (Wildman–Crippen LogP) is 3.10. The summed E-state index contributed by atoms with van der Waals surface area (Å²) in [5, 5.41) is 2.78. The number of hydrogen-bond acceptors (Lipinski definition) is 3. The quantitative estimate of drug-likeness (QED) is 0.874. The van der Waals surface area contributed by atoms with Gasteiger partial charge in [0.15, 0.2) is 0 Å². The number of benzene rings is 2. The number of carbonyl (C=O) groups excluding carboxylic acids is 1. The van der Waals surface area contributed by atoms with Crippen LogP contribution in [-0.4, -0.2) is 27.1 Å². The van der Waals surface area contributed by atoms with Gasteiger partial charge in [-0.1, -0.05) is 35.9 Å². The minimum atomic E-state index is -3.46. The first kappa shape index (κ1) is 18.0. The second kappa shape index (κ2) is 7.49. The highest BCUT2D eigenvalue weighted by atomic mass is 32.2. The standard InChI is InChI=1S/C18H22N2O3S/c1-14-8-10-16(11-9-14)19-18(21)12-13-20(24(3,22)23)17-7-5-4-6-15(17)2/h4-11H,12-13H2,1-3H3,(H,19,21). The fraction of sp³-hybridized carbons (Fsp3) is 0.278. The maximum Gasteiger partial charge on any atom is 0.232 e. The van der Waals surface area contributed by atoms with E-state index < -0.39 is 10.0 Å². The molecule has 0 saturated heterocycles. The van der Waals surface area contributed by atoms with E-state index in [0.29, 0.717) is 11.4 Å². The lowest BCUT2D eigenvalue weighted by atomic mass is 10.2. The molecule has 2 aromatic rings. The summed E-state index contributed by atoms with van der Waals surface area (Å²) in [4.78, 5) is 12.1. The first-order valence-electron chi connectivity index (χ1n) is 7.67. The number of amides is 1. The number of sulfonamides is 1. The fourth-order valence-electron chi connectivity index (χ4n) is 2.37. The normalized spacial score (nSPS) is 11.1. The minimum absolute atomic E-state index is 0.0787. The van der Waals surface area contributed by atoms with Crippen molar-refractivity contribution in [2.75, 3.05) is 22.4 Å². The Morgan fingerprint density at radius 3 is 2.25 bits per heavy atom. The van der Waals surface area contributed by atoms with Crippen LogP contribution in [0.3, 0.4) is 0 Å². The van der Waals surface area contributed by atoms with Crippen LogP contribution < -0.4 is 9.62 Å². The van der Waals surface area contributed by atoms with Crippen molar-refractivity contribution in [2.45, 2.75) is 20.3 Å². The Morgan fingerprint density at radius 1 is 1.04 bits per heavy atom. The van der Waals surface area contributed by atoms with Gasteiger partial charge in [-0.05, 0) is 37.6 Å². The average Bonchev–Trinajstić information content (AvgIpc) is 2.50. The number of aryl methyl sites for hydroxylation is 2. The van der Waals surface area contributed by atoms with Gasteiger partial charge in [0, 0.05) is 18.7 Å². The van der Waals surface area contributed by atoms with Gasteiger partial charge in [0.1, 0.15) is 0 Å². The van der Waals surface area contributed by atoms with Crippen molar-refractivity contribution in [3.05, 3.63) is 59.7 Å². The van der Waals surface area contributed by atoms with E-state index in [9.17, 15) is 13.2 Å². The third kappa shape index (κ3) is 4.83. The molecule has 0 spiro atoms. The average molecular weight is 346 g/mol. The molecule has 0 fully saturated rings. The Bertz CT molecular complexity index is 814. The molecule has 0 radical (unpaired) electrons. The Labute approximate surface area is 143 Å². The minimum Gasteiger partial charge on any atom is -0.326 e. The number of nitrogens with zero attached hydrogens (tertiary/aromatic N) is 1. The highest BCUT2D eigenvalue weighted by Crippen LogP contribution is 2.22. The van der Waals surface area contributed by atoms with Gasteiger partial charge in [-0.25, -0.2) is 8.42 Å². The molecule has 0 atom stereocenters. The van der Waals surface area contributed by atoms with Gasteiger partial charge < -0.3 is 5.32 Å². The van der Waals surface area contributed by atoms with Crippen LogP contribution in [0.4, 0.5) is 11.4 Å². The number of nitrogens with one attached hydrogen (secondary N) is 1. The molecule has 1 N–H and O–H groups in total. The Hall–Kier alpha value is -2.34. The summed E-state index contributed by atoms with van der Waals surface area (Å²) < 4.78 is 25.4. The molecule has 0 unspecified atom stereocenters. The number of hydrogen-bond donors (Lipinski definition) is 1. The van der Waals surface area contributed by atoms with Crippen LogP contribution in [0.2, 0.25) is 0 Å². The molecule has 2 rings (SSSR count). The molecule has 128 valence electrons. The third-order valence-corrected chi connectivity index (χ3v) is 4.84. The van der Waals surface area contributed by atoms with E-state index in [2.05, 4.69) is 5.32 Å². The van der Waals surface area contributed by atoms with Crippen LogP contribution in [-0.2, 0) is 14.8 Å². The molecule has 2 aromatic carbocycles. The SMILES string of the molecule is Cc1ccc(NC(=O)CCN(c2ccccc2C)S(C)(=O)=O)cc1. The molecule has 0 aromatic heterocycles. The Kier molecular flexibility index (Phi) is 5.62. The number of rotatable bonds is 6. The lowest BCUT2D eigenvalue weighted by molar-refractivity contribution is -0.116. The highest BCUT2D eigenvalue weighted by molar-refractivity contribution is 7.92. The van der Waals surface area contributed by atoms with Crippen LogP contribution in [0.15, 0.2) is 48.5 Å². The van der Waals surface area contributed by atoms with Crippen molar-refractivity contribution in [3.63, 3.8) is 0 Å². The molecule has 0 aliphatic heterocycles. The summed E-state index contributed by atoms with van der Waals surface area (Å²) in [5.74, 6) is -0.221. The monoisotopic (exact) mass is 346 g/mol. The molecule has 0 aliphatic carbocycles. The smallest absolute Gasteiger partial charge is 0.232 e. The molecule has 24 heavy (non-hydrogen) atoms. The van der Waals surface area contributed by atoms with Gasteiger partial charge in [-0.2, -0.15) is 0 Å². The van der Waals surface area contributed by atoms with Crippen LogP contribution in [0, 0.1) is 13.8 Å². The maximum atomic E-state index is 12.1. The topological polar surface area (TPSA) is 66.5 Å². The summed E-state index contributed by atoms with van der Waals surface area (Å²) in [6.07, 6.45) is 1.23. The zero-order valence-corrected chi connectivity index (χ0v) is 14.9. The van der Waals surface area contributed by atoms with Gasteiger partial charge >= 0.3 is 0 Å². The molecular weight excluding hydrogens is 324 g/mol. The van der Waals surface area contributed by atoms with Crippen LogP contribution in [0.25, 0.3) is 0 Å². The van der Waals surface area contributed by atoms with Crippen LogP contribution in [0.5, 0.6) is 0 Å². The van der Waals surface area contributed by atoms with Crippen molar-refractivity contribution in [3.8, 4) is 0 Å². The van der Waals surface area contributed by atoms with Crippen molar-refractivity contribution < 1.29 is 13.2 Å². The fourth-order valence-corrected chi connectivity index (χ4v) is 3.36. The summed E-state index contributed by atoms with van der Waals surface area (Å²) >= 11 is 0. The Balaban J connectivity index is 2.07.